The molecule has 2 aromatic rings. The fourth-order valence-electron chi connectivity index (χ4n) is 3.23. The van der Waals surface area contributed by atoms with Crippen molar-refractivity contribution in [2.75, 3.05) is 13.1 Å². The van der Waals surface area contributed by atoms with E-state index >= 15 is 0 Å². The molecular weight excluding hydrogens is 369 g/mol. The van der Waals surface area contributed by atoms with E-state index in [0.717, 1.165) is 5.56 Å². The predicted octanol–water partition coefficient (Wildman–Crippen LogP) is 4.64. The quantitative estimate of drug-likeness (QED) is 0.716. The number of hydrogen-bond donors (Lipinski definition) is 0. The Kier molecular flexibility index (Phi) is 6.11. The molecule has 1 saturated heterocycles. The first-order chi connectivity index (χ1) is 13.0. The lowest BCUT2D eigenvalue weighted by molar-refractivity contribution is -0.155. The van der Waals surface area contributed by atoms with Crippen LogP contribution >= 0.6 is 11.6 Å². The highest BCUT2D eigenvalue weighted by molar-refractivity contribution is 6.31. The van der Waals surface area contributed by atoms with Gasteiger partial charge in [-0.2, -0.15) is 0 Å². The van der Waals surface area contributed by atoms with Crippen LogP contribution in [0, 0.1) is 11.7 Å². The minimum atomic E-state index is -0.426. The largest absolute Gasteiger partial charge is 0.458 e. The third-order valence-electron chi connectivity index (χ3n) is 4.84. The van der Waals surface area contributed by atoms with E-state index in [9.17, 15) is 14.0 Å². The summed E-state index contributed by atoms with van der Waals surface area (Å²) < 4.78 is 18.6. The summed E-state index contributed by atoms with van der Waals surface area (Å²) in [5, 5.41) is 0.567. The molecule has 4 nitrogen and oxygen atoms in total. The highest BCUT2D eigenvalue weighted by Crippen LogP contribution is 2.28. The normalized spacial score (nSPS) is 16.0. The number of halogens is 2. The van der Waals surface area contributed by atoms with Gasteiger partial charge in [0, 0.05) is 29.2 Å². The topological polar surface area (TPSA) is 46.6 Å². The van der Waals surface area contributed by atoms with Gasteiger partial charge in [0.1, 0.15) is 11.9 Å². The van der Waals surface area contributed by atoms with Crippen LogP contribution in [0.1, 0.15) is 41.8 Å². The number of piperidine rings is 1. The number of nitrogens with zero attached hydrogens (tertiary/aromatic N) is 1. The van der Waals surface area contributed by atoms with Crippen LogP contribution in [0.15, 0.2) is 48.5 Å². The van der Waals surface area contributed by atoms with Crippen LogP contribution in [0.2, 0.25) is 5.02 Å². The minimum absolute atomic E-state index is 0.147. The molecule has 1 aliphatic heterocycles. The minimum Gasteiger partial charge on any atom is -0.458 e. The van der Waals surface area contributed by atoms with Crippen LogP contribution in [-0.4, -0.2) is 29.9 Å². The maximum Gasteiger partial charge on any atom is 0.309 e. The van der Waals surface area contributed by atoms with E-state index in [4.69, 9.17) is 16.3 Å². The van der Waals surface area contributed by atoms with Gasteiger partial charge in [-0.15, -0.1) is 0 Å². The molecule has 0 radical (unpaired) electrons. The summed E-state index contributed by atoms with van der Waals surface area (Å²) in [6.45, 7) is 2.74. The molecule has 0 bridgehead atoms. The number of ether oxygens (including phenoxy) is 1. The summed E-state index contributed by atoms with van der Waals surface area (Å²) in [6, 6.07) is 12.8. The van der Waals surface area contributed by atoms with Crippen LogP contribution < -0.4 is 0 Å². The first-order valence-electron chi connectivity index (χ1n) is 8.95. The summed E-state index contributed by atoms with van der Waals surface area (Å²) in [6.07, 6.45) is 0.659. The van der Waals surface area contributed by atoms with Crippen LogP contribution in [-0.2, 0) is 9.53 Å². The van der Waals surface area contributed by atoms with E-state index < -0.39 is 6.10 Å². The molecule has 0 aromatic heterocycles. The molecule has 1 amide bonds. The van der Waals surface area contributed by atoms with Gasteiger partial charge < -0.3 is 9.64 Å². The maximum atomic E-state index is 13.0. The van der Waals surface area contributed by atoms with E-state index in [-0.39, 0.29) is 23.6 Å². The van der Waals surface area contributed by atoms with Gasteiger partial charge in [-0.25, -0.2) is 4.39 Å². The highest BCUT2D eigenvalue weighted by Gasteiger charge is 2.30. The predicted molar refractivity (Wildman–Crippen MR) is 101 cm³/mol. The molecule has 0 N–H and O–H groups in total. The highest BCUT2D eigenvalue weighted by atomic mass is 35.5. The van der Waals surface area contributed by atoms with Gasteiger partial charge >= 0.3 is 5.97 Å². The van der Waals surface area contributed by atoms with Gasteiger partial charge in [0.25, 0.3) is 5.91 Å². The average Bonchev–Trinajstić information content (AvgIpc) is 2.68. The van der Waals surface area contributed by atoms with Crippen molar-refractivity contribution >= 4 is 23.5 Å². The van der Waals surface area contributed by atoms with Gasteiger partial charge in [-0.3, -0.25) is 9.59 Å². The van der Waals surface area contributed by atoms with Crippen LogP contribution in [0.3, 0.4) is 0 Å². The molecular formula is C21H21ClFNO3. The van der Waals surface area contributed by atoms with Crippen molar-refractivity contribution in [3.05, 3.63) is 70.5 Å². The van der Waals surface area contributed by atoms with Gasteiger partial charge in [0.2, 0.25) is 0 Å². The first-order valence-corrected chi connectivity index (χ1v) is 9.33. The molecule has 1 atom stereocenters. The van der Waals surface area contributed by atoms with Crippen LogP contribution in [0.25, 0.3) is 0 Å². The lowest BCUT2D eigenvalue weighted by Gasteiger charge is -2.31. The van der Waals surface area contributed by atoms with E-state index in [0.29, 0.717) is 36.5 Å². The third-order valence-corrected chi connectivity index (χ3v) is 5.19. The Morgan fingerprint density at radius 2 is 1.74 bits per heavy atom. The lowest BCUT2D eigenvalue weighted by atomic mass is 9.96. The number of carbonyl (C=O) groups is 2. The zero-order valence-corrected chi connectivity index (χ0v) is 15.8. The fourth-order valence-corrected chi connectivity index (χ4v) is 3.52. The molecule has 0 unspecified atom stereocenters. The van der Waals surface area contributed by atoms with Crippen molar-refractivity contribution in [3.63, 3.8) is 0 Å². The molecule has 1 fully saturated rings. The van der Waals surface area contributed by atoms with Crippen LogP contribution in [0.4, 0.5) is 4.39 Å². The number of amides is 1. The van der Waals surface area contributed by atoms with Crippen molar-refractivity contribution in [1.29, 1.82) is 0 Å². The molecule has 2 aromatic carbocycles. The lowest BCUT2D eigenvalue weighted by Crippen LogP contribution is -2.40. The average molecular weight is 390 g/mol. The maximum absolute atomic E-state index is 13.0. The molecule has 0 aliphatic carbocycles. The summed E-state index contributed by atoms with van der Waals surface area (Å²) in [4.78, 5) is 26.6. The second-order valence-electron chi connectivity index (χ2n) is 6.67. The van der Waals surface area contributed by atoms with Crippen molar-refractivity contribution < 1.29 is 18.7 Å². The Hall–Kier alpha value is -2.40. The Bertz CT molecular complexity index is 816. The summed E-state index contributed by atoms with van der Waals surface area (Å²) in [7, 11) is 0. The smallest absolute Gasteiger partial charge is 0.309 e. The molecule has 142 valence electrons. The van der Waals surface area contributed by atoms with Crippen molar-refractivity contribution in [1.82, 2.24) is 4.90 Å². The molecule has 27 heavy (non-hydrogen) atoms. The Morgan fingerprint density at radius 3 is 2.37 bits per heavy atom. The number of hydrogen-bond acceptors (Lipinski definition) is 3. The molecule has 6 heteroatoms. The number of carbonyl (C=O) groups excluding carboxylic acids is 2. The van der Waals surface area contributed by atoms with E-state index in [1.165, 1.54) is 24.3 Å². The van der Waals surface area contributed by atoms with Gasteiger partial charge in [-0.1, -0.05) is 29.8 Å². The number of likely N-dealkylation sites (tertiary alicyclic amines) is 1. The Morgan fingerprint density at radius 1 is 1.11 bits per heavy atom. The second kappa shape index (κ2) is 8.53. The Labute approximate surface area is 162 Å². The van der Waals surface area contributed by atoms with Crippen molar-refractivity contribution in [3.8, 4) is 0 Å². The number of rotatable bonds is 4. The van der Waals surface area contributed by atoms with E-state index in [1.807, 2.05) is 18.2 Å². The van der Waals surface area contributed by atoms with Crippen molar-refractivity contribution in [2.45, 2.75) is 25.9 Å². The van der Waals surface area contributed by atoms with E-state index in [2.05, 4.69) is 0 Å². The third kappa shape index (κ3) is 4.66. The summed E-state index contributed by atoms with van der Waals surface area (Å²) in [5.41, 5.74) is 1.22. The van der Waals surface area contributed by atoms with Gasteiger partial charge in [-0.05, 0) is 50.1 Å². The number of benzene rings is 2. The molecule has 0 spiro atoms. The monoisotopic (exact) mass is 389 g/mol. The first kappa shape index (κ1) is 19.4. The van der Waals surface area contributed by atoms with Gasteiger partial charge in [0.05, 0.1) is 5.92 Å². The Balaban J connectivity index is 1.54. The zero-order valence-electron chi connectivity index (χ0n) is 15.0. The summed E-state index contributed by atoms with van der Waals surface area (Å²) >= 11 is 6.15. The molecule has 3 rings (SSSR count). The fraction of sp³-hybridized carbons (Fsp3) is 0.333. The van der Waals surface area contributed by atoms with Crippen LogP contribution in [0.5, 0.6) is 0 Å². The number of esters is 1. The molecule has 1 heterocycles. The molecule has 0 saturated carbocycles. The van der Waals surface area contributed by atoms with Gasteiger partial charge in [0.15, 0.2) is 0 Å². The zero-order chi connectivity index (χ0) is 19.4. The standard InChI is InChI=1S/C21H21ClFNO3/c1-14(18-4-2-3-5-19(18)22)27-21(26)16-10-12-24(13-11-16)20(25)15-6-8-17(23)9-7-15/h2-9,14,16H,10-13H2,1H3/t14-/m1/s1. The SMILES string of the molecule is C[C@@H](OC(=O)C1CCN(C(=O)c2ccc(F)cc2)CC1)c1ccccc1Cl. The van der Waals surface area contributed by atoms with E-state index in [1.54, 1.807) is 17.9 Å². The van der Waals surface area contributed by atoms with Crippen molar-refractivity contribution in [2.24, 2.45) is 5.92 Å². The summed E-state index contributed by atoms with van der Waals surface area (Å²) in [5.74, 6) is -1.03. The second-order valence-corrected chi connectivity index (χ2v) is 7.08. The molecule has 1 aliphatic rings.